The lowest BCUT2D eigenvalue weighted by Crippen LogP contribution is -2.13. The Morgan fingerprint density at radius 3 is 2.62 bits per heavy atom. The van der Waals surface area contributed by atoms with Crippen LogP contribution >= 0.6 is 0 Å². The van der Waals surface area contributed by atoms with Gasteiger partial charge in [-0.15, -0.1) is 0 Å². The second-order valence-corrected chi connectivity index (χ2v) is 5.08. The molecule has 1 aromatic heterocycles. The largest absolute Gasteiger partial charge is 0.481 e. The summed E-state index contributed by atoms with van der Waals surface area (Å²) in [6.07, 6.45) is 2.76. The van der Waals surface area contributed by atoms with E-state index in [2.05, 4.69) is 0 Å². The van der Waals surface area contributed by atoms with Gasteiger partial charge < -0.3 is 9.52 Å². The lowest BCUT2D eigenvalue weighted by Gasteiger charge is -2.14. The van der Waals surface area contributed by atoms with Crippen molar-refractivity contribution in [2.75, 3.05) is 0 Å². The molecule has 0 radical (unpaired) electrons. The minimum atomic E-state index is -0.794. The van der Waals surface area contributed by atoms with E-state index in [-0.39, 0.29) is 0 Å². The van der Waals surface area contributed by atoms with Crippen LogP contribution in [0.25, 0.3) is 10.8 Å². The summed E-state index contributed by atoms with van der Waals surface area (Å²) in [4.78, 5) is 11.7. The molecule has 3 aromatic rings. The Morgan fingerprint density at radius 2 is 1.86 bits per heavy atom. The van der Waals surface area contributed by atoms with Crippen LogP contribution in [-0.4, -0.2) is 11.1 Å². The molecule has 106 valence electrons. The van der Waals surface area contributed by atoms with Crippen molar-refractivity contribution in [2.24, 2.45) is 0 Å². The predicted molar refractivity (Wildman–Crippen MR) is 81.4 cm³/mol. The number of rotatable bonds is 5. The second-order valence-electron chi connectivity index (χ2n) is 5.08. The molecule has 0 aliphatic rings. The number of aliphatic carboxylic acids is 1. The van der Waals surface area contributed by atoms with Gasteiger partial charge in [-0.3, -0.25) is 4.79 Å². The first kappa shape index (κ1) is 13.4. The van der Waals surface area contributed by atoms with Gasteiger partial charge in [0.2, 0.25) is 0 Å². The molecular formula is C18H16O3. The number of aryl methyl sites for hydroxylation is 1. The predicted octanol–water partition coefficient (Wildman–Crippen LogP) is 4.23. The molecule has 21 heavy (non-hydrogen) atoms. The Bertz CT molecular complexity index is 739. The highest BCUT2D eigenvalue weighted by atomic mass is 16.4. The van der Waals surface area contributed by atoms with Gasteiger partial charge in [-0.05, 0) is 34.9 Å². The third kappa shape index (κ3) is 2.82. The summed E-state index contributed by atoms with van der Waals surface area (Å²) in [7, 11) is 0. The van der Waals surface area contributed by atoms with Crippen molar-refractivity contribution in [3.8, 4) is 0 Å². The molecule has 1 heterocycles. The molecule has 0 aliphatic heterocycles. The van der Waals surface area contributed by atoms with E-state index in [4.69, 9.17) is 4.42 Å². The summed E-state index contributed by atoms with van der Waals surface area (Å²) in [6.45, 7) is 0. The van der Waals surface area contributed by atoms with E-state index in [1.807, 2.05) is 54.6 Å². The number of furan rings is 1. The van der Waals surface area contributed by atoms with E-state index in [0.717, 1.165) is 22.1 Å². The van der Waals surface area contributed by atoms with Crippen LogP contribution < -0.4 is 0 Å². The number of fused-ring (bicyclic) bond motifs is 1. The van der Waals surface area contributed by atoms with Gasteiger partial charge in [0.05, 0.1) is 12.2 Å². The van der Waals surface area contributed by atoms with Crippen LogP contribution in [0.1, 0.15) is 23.7 Å². The van der Waals surface area contributed by atoms with Crippen molar-refractivity contribution >= 4 is 16.7 Å². The number of carbonyl (C=O) groups is 1. The van der Waals surface area contributed by atoms with E-state index in [1.54, 1.807) is 6.26 Å². The third-order valence-corrected chi connectivity index (χ3v) is 3.76. The van der Waals surface area contributed by atoms with Gasteiger partial charge in [-0.2, -0.15) is 0 Å². The van der Waals surface area contributed by atoms with Crippen molar-refractivity contribution in [1.82, 2.24) is 0 Å². The maximum absolute atomic E-state index is 11.7. The summed E-state index contributed by atoms with van der Waals surface area (Å²) >= 11 is 0. The van der Waals surface area contributed by atoms with Gasteiger partial charge in [0.1, 0.15) is 5.76 Å². The smallest absolute Gasteiger partial charge is 0.311 e. The zero-order valence-electron chi connectivity index (χ0n) is 11.5. The number of hydrogen-bond acceptors (Lipinski definition) is 2. The van der Waals surface area contributed by atoms with E-state index in [9.17, 15) is 9.90 Å². The number of carboxylic acids is 1. The Labute approximate surface area is 122 Å². The van der Waals surface area contributed by atoms with Crippen LogP contribution in [0, 0.1) is 0 Å². The summed E-state index contributed by atoms with van der Waals surface area (Å²) < 4.78 is 5.29. The van der Waals surface area contributed by atoms with E-state index in [1.165, 1.54) is 0 Å². The standard InChI is InChI=1S/C18H16O3/c19-18(20)17(11-10-14-7-4-12-21-14)16-9-3-6-13-5-1-2-8-15(13)16/h1-9,12,17H,10-11H2,(H,19,20). The molecule has 0 aliphatic carbocycles. The van der Waals surface area contributed by atoms with Gasteiger partial charge in [0, 0.05) is 6.42 Å². The maximum Gasteiger partial charge on any atom is 0.311 e. The van der Waals surface area contributed by atoms with E-state index < -0.39 is 11.9 Å². The lowest BCUT2D eigenvalue weighted by atomic mass is 9.90. The van der Waals surface area contributed by atoms with Gasteiger partial charge in [0.25, 0.3) is 0 Å². The van der Waals surface area contributed by atoms with Crippen LogP contribution in [0.2, 0.25) is 0 Å². The highest BCUT2D eigenvalue weighted by molar-refractivity contribution is 5.90. The third-order valence-electron chi connectivity index (χ3n) is 3.76. The summed E-state index contributed by atoms with van der Waals surface area (Å²) in [5.74, 6) is -0.499. The molecule has 0 bridgehead atoms. The normalized spacial score (nSPS) is 12.4. The Hall–Kier alpha value is -2.55. The van der Waals surface area contributed by atoms with Crippen LogP contribution in [0.5, 0.6) is 0 Å². The van der Waals surface area contributed by atoms with Gasteiger partial charge in [0.15, 0.2) is 0 Å². The molecule has 3 nitrogen and oxygen atoms in total. The average Bonchev–Trinajstić information content (AvgIpc) is 3.01. The number of hydrogen-bond donors (Lipinski definition) is 1. The van der Waals surface area contributed by atoms with Crippen LogP contribution in [0.3, 0.4) is 0 Å². The number of benzene rings is 2. The molecule has 0 amide bonds. The molecule has 0 spiro atoms. The van der Waals surface area contributed by atoms with Crippen LogP contribution in [0.4, 0.5) is 0 Å². The van der Waals surface area contributed by atoms with Crippen molar-refractivity contribution in [3.05, 3.63) is 72.2 Å². The minimum absolute atomic E-state index is 0.525. The first-order valence-corrected chi connectivity index (χ1v) is 6.98. The Morgan fingerprint density at radius 1 is 1.05 bits per heavy atom. The Kier molecular flexibility index (Phi) is 3.73. The average molecular weight is 280 g/mol. The maximum atomic E-state index is 11.7. The molecular weight excluding hydrogens is 264 g/mol. The first-order chi connectivity index (χ1) is 10.3. The van der Waals surface area contributed by atoms with Crippen molar-refractivity contribution < 1.29 is 14.3 Å². The molecule has 1 atom stereocenters. The fourth-order valence-electron chi connectivity index (χ4n) is 2.71. The highest BCUT2D eigenvalue weighted by Crippen LogP contribution is 2.29. The molecule has 0 fully saturated rings. The second kappa shape index (κ2) is 5.83. The van der Waals surface area contributed by atoms with Crippen molar-refractivity contribution in [2.45, 2.75) is 18.8 Å². The number of carboxylic acid groups (broad SMARTS) is 1. The fraction of sp³-hybridized carbons (Fsp3) is 0.167. The van der Waals surface area contributed by atoms with Crippen LogP contribution in [0.15, 0.2) is 65.3 Å². The van der Waals surface area contributed by atoms with Crippen molar-refractivity contribution in [3.63, 3.8) is 0 Å². The molecule has 3 rings (SSSR count). The van der Waals surface area contributed by atoms with Gasteiger partial charge >= 0.3 is 5.97 Å². The van der Waals surface area contributed by atoms with Crippen LogP contribution in [-0.2, 0) is 11.2 Å². The highest BCUT2D eigenvalue weighted by Gasteiger charge is 2.22. The monoisotopic (exact) mass is 280 g/mol. The van der Waals surface area contributed by atoms with Gasteiger partial charge in [-0.1, -0.05) is 42.5 Å². The van der Waals surface area contributed by atoms with Crippen molar-refractivity contribution in [1.29, 1.82) is 0 Å². The SMILES string of the molecule is O=C(O)C(CCc1ccco1)c1cccc2ccccc12. The molecule has 0 saturated carbocycles. The van der Waals surface area contributed by atoms with E-state index >= 15 is 0 Å². The van der Waals surface area contributed by atoms with Gasteiger partial charge in [-0.25, -0.2) is 0 Å². The summed E-state index contributed by atoms with van der Waals surface area (Å²) in [6, 6.07) is 17.4. The first-order valence-electron chi connectivity index (χ1n) is 6.98. The lowest BCUT2D eigenvalue weighted by molar-refractivity contribution is -0.138. The zero-order chi connectivity index (χ0) is 14.7. The molecule has 1 unspecified atom stereocenters. The molecule has 1 N–H and O–H groups in total. The molecule has 0 saturated heterocycles. The summed E-state index contributed by atoms with van der Waals surface area (Å²) in [5.41, 5.74) is 0.868. The van der Waals surface area contributed by atoms with E-state index in [0.29, 0.717) is 12.8 Å². The summed E-state index contributed by atoms with van der Waals surface area (Å²) in [5, 5.41) is 11.7. The minimum Gasteiger partial charge on any atom is -0.481 e. The zero-order valence-corrected chi connectivity index (χ0v) is 11.5. The Balaban J connectivity index is 1.94. The molecule has 2 aromatic carbocycles. The quantitative estimate of drug-likeness (QED) is 0.760. The fourth-order valence-corrected chi connectivity index (χ4v) is 2.71. The molecule has 3 heteroatoms. The topological polar surface area (TPSA) is 50.4 Å².